The predicted molar refractivity (Wildman–Crippen MR) is 131 cm³/mol. The summed E-state index contributed by atoms with van der Waals surface area (Å²) < 4.78 is 1.50. The minimum atomic E-state index is -0.629. The zero-order chi connectivity index (χ0) is 23.9. The Morgan fingerprint density at radius 3 is 2.47 bits per heavy atom. The third kappa shape index (κ3) is 4.60. The normalized spacial score (nSPS) is 28.1. The fourth-order valence-corrected chi connectivity index (χ4v) is 7.56. The molecular formula is C25H32N4O4S. The van der Waals surface area contributed by atoms with Crippen molar-refractivity contribution >= 4 is 34.6 Å². The van der Waals surface area contributed by atoms with Gasteiger partial charge in [0.05, 0.1) is 16.2 Å². The van der Waals surface area contributed by atoms with E-state index in [2.05, 4.69) is 15.6 Å². The van der Waals surface area contributed by atoms with E-state index in [0.717, 1.165) is 31.0 Å². The molecule has 8 nitrogen and oxygen atoms in total. The lowest BCUT2D eigenvalue weighted by atomic mass is 9.53. The topological polar surface area (TPSA) is 113 Å². The smallest absolute Gasteiger partial charge is 0.321 e. The third-order valence-electron chi connectivity index (χ3n) is 7.67. The third-order valence-corrected chi connectivity index (χ3v) is 8.76. The molecule has 1 heterocycles. The van der Waals surface area contributed by atoms with Gasteiger partial charge in [-0.05, 0) is 81.8 Å². The van der Waals surface area contributed by atoms with Gasteiger partial charge < -0.3 is 10.4 Å². The van der Waals surface area contributed by atoms with Gasteiger partial charge in [0.15, 0.2) is 5.16 Å². The van der Waals surface area contributed by atoms with Crippen LogP contribution in [-0.2, 0) is 11.3 Å². The molecule has 0 saturated heterocycles. The molecule has 4 aliphatic rings. The summed E-state index contributed by atoms with van der Waals surface area (Å²) in [5.41, 5.74) is 0.191. The lowest BCUT2D eigenvalue weighted by Gasteiger charge is -2.56. The molecule has 1 aromatic heterocycles. The standard InChI is InChI=1S/C25H32N4O4S/c1-15(34-24-26-20-6-3-2-5-19(20)22(32)29(24)7-4-8-30)21(31)27-23(33)28-25-12-16-9-17(13-25)11-18(10-16)14-25/h2-3,5-6,15-18,30H,4,7-14H2,1H3,(H2,27,28,31,33). The Hall–Kier alpha value is -2.39. The number of aromatic nitrogens is 2. The van der Waals surface area contributed by atoms with Crippen molar-refractivity contribution in [3.63, 3.8) is 0 Å². The Morgan fingerprint density at radius 1 is 1.18 bits per heavy atom. The number of urea groups is 1. The first-order valence-electron chi connectivity index (χ1n) is 12.3. The number of aliphatic hydroxyl groups is 1. The van der Waals surface area contributed by atoms with Crippen molar-refractivity contribution in [3.8, 4) is 0 Å². The number of imide groups is 1. The Bertz CT molecular complexity index is 1130. The highest BCUT2D eigenvalue weighted by Gasteiger charge is 2.51. The molecule has 0 spiro atoms. The molecule has 1 atom stereocenters. The van der Waals surface area contributed by atoms with Gasteiger partial charge in [-0.1, -0.05) is 23.9 Å². The molecule has 4 saturated carbocycles. The summed E-state index contributed by atoms with van der Waals surface area (Å²) in [6.07, 6.45) is 7.31. The first-order valence-corrected chi connectivity index (χ1v) is 13.1. The average molecular weight is 485 g/mol. The monoisotopic (exact) mass is 484 g/mol. The van der Waals surface area contributed by atoms with E-state index in [0.29, 0.717) is 46.8 Å². The van der Waals surface area contributed by atoms with Gasteiger partial charge in [0.1, 0.15) is 0 Å². The van der Waals surface area contributed by atoms with Crippen molar-refractivity contribution in [3.05, 3.63) is 34.6 Å². The Labute approximate surface area is 202 Å². The number of benzene rings is 1. The van der Waals surface area contributed by atoms with Gasteiger partial charge in [-0.3, -0.25) is 19.5 Å². The zero-order valence-corrected chi connectivity index (χ0v) is 20.3. The molecule has 182 valence electrons. The Morgan fingerprint density at radius 2 is 1.82 bits per heavy atom. The second kappa shape index (κ2) is 9.34. The van der Waals surface area contributed by atoms with Crippen LogP contribution in [0.25, 0.3) is 10.9 Å². The van der Waals surface area contributed by atoms with Crippen molar-refractivity contribution in [2.45, 2.75) is 74.4 Å². The number of nitrogens with zero attached hydrogens (tertiary/aromatic N) is 2. The largest absolute Gasteiger partial charge is 0.396 e. The van der Waals surface area contributed by atoms with Gasteiger partial charge >= 0.3 is 6.03 Å². The number of fused-ring (bicyclic) bond motifs is 1. The van der Waals surface area contributed by atoms with Crippen LogP contribution >= 0.6 is 11.8 Å². The molecule has 2 aromatic rings. The molecule has 6 rings (SSSR count). The highest BCUT2D eigenvalue weighted by Crippen LogP contribution is 2.55. The minimum Gasteiger partial charge on any atom is -0.396 e. The number of aliphatic hydroxyl groups excluding tert-OH is 1. The van der Waals surface area contributed by atoms with Crippen LogP contribution in [-0.4, -0.2) is 44.0 Å². The summed E-state index contributed by atoms with van der Waals surface area (Å²) in [4.78, 5) is 43.3. The molecule has 3 amide bonds. The molecule has 4 fully saturated rings. The van der Waals surface area contributed by atoms with E-state index in [1.165, 1.54) is 23.8 Å². The number of carbonyl (C=O) groups excluding carboxylic acids is 2. The van der Waals surface area contributed by atoms with Crippen molar-refractivity contribution in [2.24, 2.45) is 17.8 Å². The van der Waals surface area contributed by atoms with Crippen LogP contribution in [0.4, 0.5) is 4.79 Å². The summed E-state index contributed by atoms with van der Waals surface area (Å²) in [5, 5.41) is 15.2. The number of hydrogen-bond donors (Lipinski definition) is 3. The van der Waals surface area contributed by atoms with Crippen molar-refractivity contribution in [1.29, 1.82) is 0 Å². The molecule has 0 aliphatic heterocycles. The predicted octanol–water partition coefficient (Wildman–Crippen LogP) is 3.05. The fourth-order valence-electron chi connectivity index (χ4n) is 6.62. The van der Waals surface area contributed by atoms with Gasteiger partial charge in [-0.2, -0.15) is 0 Å². The van der Waals surface area contributed by atoms with Crippen LogP contribution in [0.15, 0.2) is 34.2 Å². The van der Waals surface area contributed by atoms with E-state index in [4.69, 9.17) is 0 Å². The average Bonchev–Trinajstić information content (AvgIpc) is 2.77. The van der Waals surface area contributed by atoms with E-state index in [9.17, 15) is 19.5 Å². The number of amides is 3. The van der Waals surface area contributed by atoms with Crippen molar-refractivity contribution < 1.29 is 14.7 Å². The number of rotatable bonds is 7. The molecule has 9 heteroatoms. The number of para-hydroxylation sites is 1. The lowest BCUT2D eigenvalue weighted by Crippen LogP contribution is -2.62. The zero-order valence-electron chi connectivity index (χ0n) is 19.5. The first-order chi connectivity index (χ1) is 16.4. The Balaban J connectivity index is 1.27. The van der Waals surface area contributed by atoms with E-state index >= 15 is 0 Å². The van der Waals surface area contributed by atoms with Crippen molar-refractivity contribution in [2.75, 3.05) is 6.61 Å². The second-order valence-corrected chi connectivity index (χ2v) is 11.7. The first kappa shape index (κ1) is 23.4. The highest BCUT2D eigenvalue weighted by atomic mass is 32.2. The van der Waals surface area contributed by atoms with Crippen molar-refractivity contribution in [1.82, 2.24) is 20.2 Å². The van der Waals surface area contributed by atoms with Gasteiger partial charge in [-0.25, -0.2) is 9.78 Å². The quantitative estimate of drug-likeness (QED) is 0.411. The number of thioether (sulfide) groups is 1. The molecule has 4 bridgehead atoms. The maximum atomic E-state index is 13.0. The summed E-state index contributed by atoms with van der Waals surface area (Å²) in [6.45, 7) is 1.95. The number of nitrogens with one attached hydrogen (secondary N) is 2. The second-order valence-electron chi connectivity index (χ2n) is 10.3. The van der Waals surface area contributed by atoms with E-state index in [-0.39, 0.29) is 17.7 Å². The maximum Gasteiger partial charge on any atom is 0.321 e. The lowest BCUT2D eigenvalue weighted by molar-refractivity contribution is -0.119. The van der Waals surface area contributed by atoms with Gasteiger partial charge in [0.2, 0.25) is 5.91 Å². The number of hydrogen-bond acceptors (Lipinski definition) is 6. The summed E-state index contributed by atoms with van der Waals surface area (Å²) in [6, 6.07) is 6.66. The molecule has 34 heavy (non-hydrogen) atoms. The maximum absolute atomic E-state index is 13.0. The van der Waals surface area contributed by atoms with Gasteiger partial charge in [0, 0.05) is 18.7 Å². The van der Waals surface area contributed by atoms with Crippen LogP contribution in [0.3, 0.4) is 0 Å². The molecular weight excluding hydrogens is 452 g/mol. The molecule has 3 N–H and O–H groups in total. The van der Waals surface area contributed by atoms with E-state index in [1.54, 1.807) is 25.1 Å². The van der Waals surface area contributed by atoms with Crippen LogP contribution in [0.5, 0.6) is 0 Å². The van der Waals surface area contributed by atoms with Crippen LogP contribution in [0.2, 0.25) is 0 Å². The van der Waals surface area contributed by atoms with Crippen LogP contribution in [0, 0.1) is 17.8 Å². The van der Waals surface area contributed by atoms with Crippen LogP contribution < -0.4 is 16.2 Å². The van der Waals surface area contributed by atoms with Crippen LogP contribution in [0.1, 0.15) is 51.9 Å². The molecule has 0 radical (unpaired) electrons. The summed E-state index contributed by atoms with van der Waals surface area (Å²) in [7, 11) is 0. The SMILES string of the molecule is CC(Sc1nc2ccccc2c(=O)n1CCCO)C(=O)NC(=O)NC12CC3CC(CC(C3)C1)C2. The summed E-state index contributed by atoms with van der Waals surface area (Å²) >= 11 is 1.15. The minimum absolute atomic E-state index is 0.0517. The van der Waals surface area contributed by atoms with Gasteiger partial charge in [0.25, 0.3) is 5.56 Å². The van der Waals surface area contributed by atoms with E-state index in [1.807, 2.05) is 6.07 Å². The summed E-state index contributed by atoms with van der Waals surface area (Å²) in [5.74, 6) is 1.69. The molecule has 4 aliphatic carbocycles. The van der Waals surface area contributed by atoms with E-state index < -0.39 is 17.2 Å². The molecule has 1 unspecified atom stereocenters. The number of carbonyl (C=O) groups is 2. The Kier molecular flexibility index (Phi) is 6.41. The van der Waals surface area contributed by atoms with Gasteiger partial charge in [-0.15, -0.1) is 0 Å². The highest BCUT2D eigenvalue weighted by molar-refractivity contribution is 8.00. The molecule has 1 aromatic carbocycles. The fraction of sp³-hybridized carbons (Fsp3) is 0.600.